The van der Waals surface area contributed by atoms with Crippen LogP contribution in [0, 0.1) is 0 Å². The summed E-state index contributed by atoms with van der Waals surface area (Å²) >= 11 is 2.66. The molecule has 31 heavy (non-hydrogen) atoms. The fraction of sp³-hybridized carbons (Fsp3) is 0.0909. The van der Waals surface area contributed by atoms with E-state index in [0.29, 0.717) is 32.5 Å². The maximum atomic E-state index is 13.0. The topological polar surface area (TPSA) is 91.4 Å². The maximum absolute atomic E-state index is 13.0. The van der Waals surface area contributed by atoms with Gasteiger partial charge in [-0.2, -0.15) is 0 Å². The highest BCUT2D eigenvalue weighted by molar-refractivity contribution is 7.22. The number of anilines is 3. The number of fused-ring (bicyclic) bond motifs is 1. The second-order valence-electron chi connectivity index (χ2n) is 6.70. The highest BCUT2D eigenvalue weighted by atomic mass is 32.1. The van der Waals surface area contributed by atoms with E-state index in [1.165, 1.54) is 34.5 Å². The van der Waals surface area contributed by atoms with Crippen LogP contribution >= 0.6 is 22.7 Å². The third-order valence-corrected chi connectivity index (χ3v) is 6.27. The molecule has 2 aromatic heterocycles. The molecule has 2 N–H and O–H groups in total. The van der Waals surface area contributed by atoms with Gasteiger partial charge < -0.3 is 10.2 Å². The van der Waals surface area contributed by atoms with E-state index in [1.54, 1.807) is 49.5 Å². The van der Waals surface area contributed by atoms with Crippen LogP contribution in [0.2, 0.25) is 0 Å². The van der Waals surface area contributed by atoms with Crippen molar-refractivity contribution in [2.75, 3.05) is 22.6 Å². The van der Waals surface area contributed by atoms with Crippen molar-refractivity contribution in [3.05, 3.63) is 70.4 Å². The lowest BCUT2D eigenvalue weighted by Crippen LogP contribution is -2.28. The lowest BCUT2D eigenvalue weighted by Gasteiger charge is -2.19. The predicted molar refractivity (Wildman–Crippen MR) is 125 cm³/mol. The number of nitrogens with one attached hydrogen (secondary N) is 2. The number of carbonyl (C=O) groups is 3. The molecule has 0 aliphatic heterocycles. The number of amides is 3. The molecule has 0 saturated heterocycles. The second kappa shape index (κ2) is 8.66. The Kier molecular flexibility index (Phi) is 5.79. The van der Waals surface area contributed by atoms with E-state index in [0.717, 1.165) is 4.70 Å². The Balaban J connectivity index is 1.58. The van der Waals surface area contributed by atoms with Crippen LogP contribution in [0.5, 0.6) is 0 Å². The molecular weight excluding hydrogens is 432 g/mol. The fourth-order valence-corrected chi connectivity index (χ4v) is 4.66. The van der Waals surface area contributed by atoms with E-state index >= 15 is 0 Å². The van der Waals surface area contributed by atoms with Crippen LogP contribution in [0.1, 0.15) is 27.0 Å². The Labute approximate surface area is 186 Å². The number of thiophene rings is 1. The van der Waals surface area contributed by atoms with E-state index < -0.39 is 0 Å². The van der Waals surface area contributed by atoms with Crippen LogP contribution in [0.15, 0.2) is 60.0 Å². The van der Waals surface area contributed by atoms with Gasteiger partial charge in [-0.1, -0.05) is 29.5 Å². The number of carbonyl (C=O) groups excluding carboxylic acids is 3. The molecule has 0 saturated carbocycles. The van der Waals surface area contributed by atoms with Crippen molar-refractivity contribution in [1.82, 2.24) is 4.98 Å². The Morgan fingerprint density at radius 2 is 1.81 bits per heavy atom. The number of nitrogens with zero attached hydrogens (tertiary/aromatic N) is 2. The minimum Gasteiger partial charge on any atom is -0.326 e. The van der Waals surface area contributed by atoms with Gasteiger partial charge in [0.25, 0.3) is 11.8 Å². The van der Waals surface area contributed by atoms with E-state index in [2.05, 4.69) is 15.6 Å². The Morgan fingerprint density at radius 3 is 2.55 bits per heavy atom. The maximum Gasteiger partial charge on any atom is 0.268 e. The Morgan fingerprint density at radius 1 is 1.00 bits per heavy atom. The highest BCUT2D eigenvalue weighted by Crippen LogP contribution is 2.30. The zero-order valence-electron chi connectivity index (χ0n) is 16.7. The first-order chi connectivity index (χ1) is 14.9. The summed E-state index contributed by atoms with van der Waals surface area (Å²) in [6, 6.07) is 15.9. The van der Waals surface area contributed by atoms with Crippen molar-refractivity contribution in [2.24, 2.45) is 0 Å². The molecule has 4 aromatic rings. The number of para-hydroxylation sites is 1. The Hall–Kier alpha value is -3.56. The van der Waals surface area contributed by atoms with Crippen molar-refractivity contribution in [1.29, 1.82) is 0 Å². The van der Waals surface area contributed by atoms with Gasteiger partial charge in [0, 0.05) is 19.7 Å². The molecule has 2 heterocycles. The molecule has 0 aliphatic carbocycles. The molecule has 2 aromatic carbocycles. The molecule has 4 rings (SSSR count). The molecule has 0 radical (unpaired) electrons. The molecule has 0 spiro atoms. The van der Waals surface area contributed by atoms with Crippen LogP contribution in [0.4, 0.5) is 16.5 Å². The lowest BCUT2D eigenvalue weighted by atomic mass is 10.1. The standard InChI is InChI=1S/C22H18N4O3S2/c1-13(27)23-14-9-10-16-19(12-14)31-22(24-16)25-20(28)15-6-3-4-7-17(15)26(2)21(29)18-8-5-11-30-18/h3-12H,1-2H3,(H,23,27)(H,24,25,28). The van der Waals surface area contributed by atoms with E-state index in [9.17, 15) is 14.4 Å². The molecule has 0 bridgehead atoms. The van der Waals surface area contributed by atoms with Crippen molar-refractivity contribution < 1.29 is 14.4 Å². The van der Waals surface area contributed by atoms with E-state index in [4.69, 9.17) is 0 Å². The summed E-state index contributed by atoms with van der Waals surface area (Å²) in [5.41, 5.74) is 2.26. The van der Waals surface area contributed by atoms with Crippen molar-refractivity contribution in [3.63, 3.8) is 0 Å². The van der Waals surface area contributed by atoms with Crippen molar-refractivity contribution in [2.45, 2.75) is 6.92 Å². The van der Waals surface area contributed by atoms with Crippen LogP contribution in [0.25, 0.3) is 10.2 Å². The average molecular weight is 451 g/mol. The summed E-state index contributed by atoms with van der Waals surface area (Å²) in [5, 5.41) is 7.82. The molecule has 156 valence electrons. The highest BCUT2D eigenvalue weighted by Gasteiger charge is 2.21. The molecule has 0 atom stereocenters. The van der Waals surface area contributed by atoms with Crippen LogP contribution in [-0.2, 0) is 4.79 Å². The summed E-state index contributed by atoms with van der Waals surface area (Å²) in [6.45, 7) is 1.44. The molecule has 0 unspecified atom stereocenters. The van der Waals surface area contributed by atoms with Gasteiger partial charge in [-0.15, -0.1) is 11.3 Å². The molecule has 9 heteroatoms. The van der Waals surface area contributed by atoms with E-state index in [1.807, 2.05) is 17.5 Å². The smallest absolute Gasteiger partial charge is 0.268 e. The number of benzene rings is 2. The first-order valence-corrected chi connectivity index (χ1v) is 11.0. The van der Waals surface area contributed by atoms with Crippen molar-refractivity contribution in [3.8, 4) is 0 Å². The van der Waals surface area contributed by atoms with Gasteiger partial charge in [0.2, 0.25) is 5.91 Å². The number of thiazole rings is 1. The van der Waals surface area contributed by atoms with Gasteiger partial charge in [0.1, 0.15) is 0 Å². The minimum atomic E-state index is -0.359. The van der Waals surface area contributed by atoms with Gasteiger partial charge >= 0.3 is 0 Å². The summed E-state index contributed by atoms with van der Waals surface area (Å²) in [6.07, 6.45) is 0. The minimum absolute atomic E-state index is 0.157. The normalized spacial score (nSPS) is 10.6. The average Bonchev–Trinajstić information content (AvgIpc) is 3.41. The number of aromatic nitrogens is 1. The Bertz CT molecular complexity index is 1280. The zero-order chi connectivity index (χ0) is 22.0. The SMILES string of the molecule is CC(=O)Nc1ccc2nc(NC(=O)c3ccccc3N(C)C(=O)c3cccs3)sc2c1. The predicted octanol–water partition coefficient (Wildman–Crippen LogP) is 4.85. The third-order valence-electron chi connectivity index (χ3n) is 4.48. The molecule has 0 aliphatic rings. The summed E-state index contributed by atoms with van der Waals surface area (Å²) in [4.78, 5) is 43.5. The van der Waals surface area contributed by atoms with Gasteiger partial charge in [0.15, 0.2) is 5.13 Å². The molecule has 7 nitrogen and oxygen atoms in total. The second-order valence-corrected chi connectivity index (χ2v) is 8.67. The fourth-order valence-electron chi connectivity index (χ4n) is 3.06. The van der Waals surface area contributed by atoms with E-state index in [-0.39, 0.29) is 17.7 Å². The first-order valence-electron chi connectivity index (χ1n) is 9.32. The van der Waals surface area contributed by atoms with Crippen LogP contribution in [0.3, 0.4) is 0 Å². The molecular formula is C22H18N4O3S2. The summed E-state index contributed by atoms with van der Waals surface area (Å²) in [5.74, 6) is -0.696. The molecule has 3 amide bonds. The largest absolute Gasteiger partial charge is 0.326 e. The number of hydrogen-bond donors (Lipinski definition) is 2. The lowest BCUT2D eigenvalue weighted by molar-refractivity contribution is -0.114. The monoisotopic (exact) mass is 450 g/mol. The van der Waals surface area contributed by atoms with Crippen molar-refractivity contribution >= 4 is 67.1 Å². The quantitative estimate of drug-likeness (QED) is 0.455. The number of hydrogen-bond acceptors (Lipinski definition) is 6. The summed E-state index contributed by atoms with van der Waals surface area (Å²) in [7, 11) is 1.65. The third kappa shape index (κ3) is 4.47. The van der Waals surface area contributed by atoms with Gasteiger partial charge in [0.05, 0.1) is 26.3 Å². The molecule has 0 fully saturated rings. The van der Waals surface area contributed by atoms with Crippen LogP contribution in [-0.4, -0.2) is 29.8 Å². The van der Waals surface area contributed by atoms with Gasteiger partial charge in [-0.25, -0.2) is 4.98 Å². The van der Waals surface area contributed by atoms with Gasteiger partial charge in [-0.05, 0) is 41.8 Å². The summed E-state index contributed by atoms with van der Waals surface area (Å²) < 4.78 is 0.833. The van der Waals surface area contributed by atoms with Gasteiger partial charge in [-0.3, -0.25) is 19.7 Å². The van der Waals surface area contributed by atoms with Crippen LogP contribution < -0.4 is 15.5 Å². The number of rotatable bonds is 5. The first kappa shape index (κ1) is 20.7. The zero-order valence-corrected chi connectivity index (χ0v) is 18.3.